The molecule has 0 aromatic heterocycles. The highest BCUT2D eigenvalue weighted by Gasteiger charge is 2.23. The van der Waals surface area contributed by atoms with Gasteiger partial charge in [0.15, 0.2) is 5.69 Å². The molecule has 0 saturated carbocycles. The normalized spacial score (nSPS) is 12.4. The summed E-state index contributed by atoms with van der Waals surface area (Å²) in [4.78, 5) is 14.3. The number of aryl methyl sites for hydroxylation is 1. The molecule has 0 unspecified atom stereocenters. The molecule has 0 fully saturated rings. The molecule has 6 nitrogen and oxygen atoms in total. The Kier molecular flexibility index (Phi) is 6.71. The van der Waals surface area contributed by atoms with Crippen LogP contribution in [0, 0.1) is 12.3 Å². The Balaban J connectivity index is 3.13. The molecule has 114 valence electrons. The van der Waals surface area contributed by atoms with Crippen molar-refractivity contribution in [2.45, 2.75) is 26.8 Å². The lowest BCUT2D eigenvalue weighted by Crippen LogP contribution is -2.72. The van der Waals surface area contributed by atoms with Crippen LogP contribution in [0.4, 0.5) is 5.69 Å². The number of nitrogens with zero attached hydrogens (tertiary/aromatic N) is 2. The minimum Gasteiger partial charge on any atom is -0.394 e. The number of hydrogen-bond donors (Lipinski definition) is 3. The van der Waals surface area contributed by atoms with Gasteiger partial charge in [0.1, 0.15) is 11.8 Å². The number of amides is 1. The highest BCUT2D eigenvalue weighted by atomic mass is 16.3. The predicted octanol–water partition coefficient (Wildman–Crippen LogP) is 0.668. The van der Waals surface area contributed by atoms with Crippen LogP contribution in [0.1, 0.15) is 29.8 Å². The van der Waals surface area contributed by atoms with Gasteiger partial charge in [0.2, 0.25) is 0 Å². The van der Waals surface area contributed by atoms with E-state index in [1.54, 1.807) is 10.3 Å². The van der Waals surface area contributed by atoms with E-state index < -0.39 is 0 Å². The first-order chi connectivity index (χ1) is 10.0. The maximum Gasteiger partial charge on any atom is 0.260 e. The van der Waals surface area contributed by atoms with Gasteiger partial charge in [-0.05, 0) is 32.4 Å². The molecule has 0 radical (unpaired) electrons. The predicted molar refractivity (Wildman–Crippen MR) is 83.3 cm³/mol. The first kappa shape index (κ1) is 17.0. The summed E-state index contributed by atoms with van der Waals surface area (Å²) >= 11 is 0. The van der Waals surface area contributed by atoms with Crippen molar-refractivity contribution in [2.24, 2.45) is 5.10 Å². The summed E-state index contributed by atoms with van der Waals surface area (Å²) in [6.07, 6.45) is 2.43. The van der Waals surface area contributed by atoms with Crippen LogP contribution in [0.15, 0.2) is 23.3 Å². The summed E-state index contributed by atoms with van der Waals surface area (Å²) in [6.45, 7) is 6.07. The largest absolute Gasteiger partial charge is 0.394 e. The van der Waals surface area contributed by atoms with E-state index in [-0.39, 0.29) is 18.6 Å². The number of carbonyl (C=O) groups is 1. The van der Waals surface area contributed by atoms with Crippen LogP contribution in [0.2, 0.25) is 0 Å². The fourth-order valence-corrected chi connectivity index (χ4v) is 2.04. The van der Waals surface area contributed by atoms with Gasteiger partial charge in [0, 0.05) is 18.8 Å². The monoisotopic (exact) mass is 291 g/mol. The Labute approximate surface area is 125 Å². The molecule has 6 heteroatoms. The van der Waals surface area contributed by atoms with Crippen molar-refractivity contribution in [1.82, 2.24) is 4.90 Å². The lowest BCUT2D eigenvalue weighted by molar-refractivity contribution is -0.577. The van der Waals surface area contributed by atoms with E-state index in [4.69, 9.17) is 5.41 Å². The third-order valence-electron chi connectivity index (χ3n) is 3.21. The fourth-order valence-electron chi connectivity index (χ4n) is 2.04. The van der Waals surface area contributed by atoms with Gasteiger partial charge >= 0.3 is 0 Å². The van der Waals surface area contributed by atoms with Crippen molar-refractivity contribution in [3.05, 3.63) is 29.3 Å². The van der Waals surface area contributed by atoms with Gasteiger partial charge in [0.25, 0.3) is 5.91 Å². The molecule has 0 saturated heterocycles. The Hall–Kier alpha value is -2.05. The zero-order chi connectivity index (χ0) is 15.8. The number of carbonyl (C=O) groups excluding carboxylic acids is 1. The SMILES string of the molecule is CCN(C(=O)c1cc(C)ccc1[NH2+]/N=C\C=N)[C@@H](C)CO. The standard InChI is InChI=1S/C15H22N4O2/c1-4-19(12(3)10-20)15(21)13-9-11(2)5-6-14(13)18-17-8-7-16/h5-9,12,16,18,20H,4,10H2,1-3H3/p+1/b16-7?,17-8-/t12-/m0/s1. The molecule has 0 bridgehead atoms. The third-order valence-corrected chi connectivity index (χ3v) is 3.21. The average Bonchev–Trinajstić information content (AvgIpc) is 2.49. The summed E-state index contributed by atoms with van der Waals surface area (Å²) in [6, 6.07) is 5.33. The van der Waals surface area contributed by atoms with Crippen LogP contribution in [0.25, 0.3) is 0 Å². The van der Waals surface area contributed by atoms with E-state index in [9.17, 15) is 9.90 Å². The van der Waals surface area contributed by atoms with E-state index in [0.29, 0.717) is 17.8 Å². The fraction of sp³-hybridized carbons (Fsp3) is 0.400. The molecule has 21 heavy (non-hydrogen) atoms. The van der Waals surface area contributed by atoms with Crippen molar-refractivity contribution >= 4 is 24.0 Å². The third kappa shape index (κ3) is 4.47. The molecule has 1 rings (SSSR count). The molecule has 4 N–H and O–H groups in total. The molecule has 1 amide bonds. The Morgan fingerprint density at radius 1 is 1.57 bits per heavy atom. The van der Waals surface area contributed by atoms with Gasteiger partial charge in [-0.2, -0.15) is 5.43 Å². The van der Waals surface area contributed by atoms with Crippen LogP contribution in [-0.2, 0) is 0 Å². The number of likely N-dealkylation sites (N-methyl/N-ethyl adjacent to an activating group) is 1. The molecule has 1 aromatic rings. The number of aliphatic hydroxyl groups excluding tert-OH is 1. The zero-order valence-electron chi connectivity index (χ0n) is 12.7. The molecule has 0 heterocycles. The number of quaternary nitrogens is 1. The van der Waals surface area contributed by atoms with Crippen LogP contribution < -0.4 is 5.43 Å². The van der Waals surface area contributed by atoms with E-state index in [2.05, 4.69) is 5.10 Å². The first-order valence-electron chi connectivity index (χ1n) is 6.93. The van der Waals surface area contributed by atoms with Gasteiger partial charge in [-0.3, -0.25) is 4.79 Å². The average molecular weight is 291 g/mol. The summed E-state index contributed by atoms with van der Waals surface area (Å²) in [5, 5.41) is 20.2. The second-order valence-corrected chi connectivity index (χ2v) is 4.81. The Morgan fingerprint density at radius 3 is 2.86 bits per heavy atom. The minimum atomic E-state index is -0.235. The lowest BCUT2D eigenvalue weighted by atomic mass is 10.1. The molecule has 0 aliphatic rings. The van der Waals surface area contributed by atoms with Crippen molar-refractivity contribution in [3.63, 3.8) is 0 Å². The summed E-state index contributed by atoms with van der Waals surface area (Å²) < 4.78 is 0. The van der Waals surface area contributed by atoms with Crippen LogP contribution in [0.5, 0.6) is 0 Å². The zero-order valence-corrected chi connectivity index (χ0v) is 12.7. The maximum absolute atomic E-state index is 12.7. The van der Waals surface area contributed by atoms with Crippen LogP contribution in [-0.4, -0.2) is 47.5 Å². The van der Waals surface area contributed by atoms with Crippen molar-refractivity contribution < 1.29 is 15.3 Å². The van der Waals surface area contributed by atoms with Crippen LogP contribution in [0.3, 0.4) is 0 Å². The molecule has 0 spiro atoms. The number of rotatable bonds is 7. The van der Waals surface area contributed by atoms with Gasteiger partial charge < -0.3 is 15.4 Å². The van der Waals surface area contributed by atoms with E-state index in [1.807, 2.05) is 39.0 Å². The van der Waals surface area contributed by atoms with Gasteiger partial charge in [-0.15, -0.1) is 0 Å². The molecular formula is C15H23N4O2+. The van der Waals surface area contributed by atoms with E-state index >= 15 is 0 Å². The van der Waals surface area contributed by atoms with Crippen LogP contribution >= 0.6 is 0 Å². The maximum atomic E-state index is 12.7. The van der Waals surface area contributed by atoms with Gasteiger partial charge in [0.05, 0.1) is 12.6 Å². The summed E-state index contributed by atoms with van der Waals surface area (Å²) in [7, 11) is 0. The summed E-state index contributed by atoms with van der Waals surface area (Å²) in [5.41, 5.74) is 3.81. The lowest BCUT2D eigenvalue weighted by Gasteiger charge is -2.26. The number of benzene rings is 1. The Bertz CT molecular complexity index is 528. The molecule has 1 aromatic carbocycles. The second kappa shape index (κ2) is 8.28. The number of nitrogens with one attached hydrogen (secondary N) is 1. The van der Waals surface area contributed by atoms with Crippen molar-refractivity contribution in [3.8, 4) is 0 Å². The number of aliphatic hydroxyl groups is 1. The summed E-state index contributed by atoms with van der Waals surface area (Å²) in [5.74, 6) is -0.126. The number of hydrogen-bond acceptors (Lipinski definition) is 4. The topological polar surface area (TPSA) is 93.4 Å². The molecule has 0 aliphatic heterocycles. The minimum absolute atomic E-state index is 0.0730. The quantitative estimate of drug-likeness (QED) is 0.298. The van der Waals surface area contributed by atoms with Crippen molar-refractivity contribution in [1.29, 1.82) is 5.41 Å². The smallest absolute Gasteiger partial charge is 0.260 e. The molecular weight excluding hydrogens is 268 g/mol. The van der Waals surface area contributed by atoms with Gasteiger partial charge in [-0.25, -0.2) is 0 Å². The van der Waals surface area contributed by atoms with E-state index in [0.717, 1.165) is 11.8 Å². The van der Waals surface area contributed by atoms with Gasteiger partial charge in [-0.1, -0.05) is 11.2 Å². The first-order valence-corrected chi connectivity index (χ1v) is 6.93. The number of nitrogens with two attached hydrogens (primary N) is 1. The second-order valence-electron chi connectivity index (χ2n) is 4.81. The Morgan fingerprint density at radius 2 is 2.29 bits per heavy atom. The molecule has 0 aliphatic carbocycles. The van der Waals surface area contributed by atoms with Crippen molar-refractivity contribution in [2.75, 3.05) is 13.2 Å². The molecule has 1 atom stereocenters. The highest BCUT2D eigenvalue weighted by molar-refractivity contribution is 6.14. The highest BCUT2D eigenvalue weighted by Crippen LogP contribution is 2.16. The van der Waals surface area contributed by atoms with E-state index in [1.165, 1.54) is 6.21 Å².